The van der Waals surface area contributed by atoms with Crippen molar-refractivity contribution in [1.29, 1.82) is 0 Å². The number of hydrogen-bond acceptors (Lipinski definition) is 2. The van der Waals surface area contributed by atoms with Crippen LogP contribution in [0.1, 0.15) is 59.1 Å². The Labute approximate surface area is 129 Å². The highest BCUT2D eigenvalue weighted by Gasteiger charge is 2.23. The predicted molar refractivity (Wildman–Crippen MR) is 87.1 cm³/mol. The minimum Gasteiger partial charge on any atom is -0.508 e. The first-order valence-corrected chi connectivity index (χ1v) is 7.65. The van der Waals surface area contributed by atoms with E-state index in [0.717, 1.165) is 12.0 Å². The molecule has 0 saturated heterocycles. The largest absolute Gasteiger partial charge is 0.508 e. The Bertz CT molecular complexity index is 476. The Hall–Kier alpha value is -1.51. The van der Waals surface area contributed by atoms with E-state index in [9.17, 15) is 9.90 Å². The van der Waals surface area contributed by atoms with Crippen LogP contribution in [0.3, 0.4) is 0 Å². The molecule has 0 heterocycles. The summed E-state index contributed by atoms with van der Waals surface area (Å²) in [5, 5.41) is 9.91. The maximum Gasteiger partial charge on any atom is 0.223 e. The lowest BCUT2D eigenvalue weighted by molar-refractivity contribution is -0.132. The van der Waals surface area contributed by atoms with Gasteiger partial charge >= 0.3 is 0 Å². The summed E-state index contributed by atoms with van der Waals surface area (Å²) in [7, 11) is 1.81. The average Bonchev–Trinajstić information content (AvgIpc) is 2.35. The van der Waals surface area contributed by atoms with Gasteiger partial charge in [-0.05, 0) is 30.7 Å². The van der Waals surface area contributed by atoms with E-state index in [4.69, 9.17) is 0 Å². The molecule has 0 spiro atoms. The zero-order chi connectivity index (χ0) is 16.2. The summed E-state index contributed by atoms with van der Waals surface area (Å²) in [6.45, 7) is 10.7. The number of aromatic hydroxyl groups is 1. The molecule has 3 heteroatoms. The van der Waals surface area contributed by atoms with Crippen LogP contribution in [0.5, 0.6) is 5.75 Å². The van der Waals surface area contributed by atoms with Crippen molar-refractivity contribution >= 4 is 5.91 Å². The van der Waals surface area contributed by atoms with E-state index in [1.165, 1.54) is 0 Å². The summed E-state index contributed by atoms with van der Waals surface area (Å²) in [6, 6.07) is 7.07. The normalized spacial score (nSPS) is 14.6. The van der Waals surface area contributed by atoms with E-state index in [0.29, 0.717) is 12.3 Å². The number of benzene rings is 1. The van der Waals surface area contributed by atoms with Gasteiger partial charge in [-0.15, -0.1) is 0 Å². The summed E-state index contributed by atoms with van der Waals surface area (Å²) in [6.07, 6.45) is 1.57. The van der Waals surface area contributed by atoms with Gasteiger partial charge in [0, 0.05) is 19.0 Å². The van der Waals surface area contributed by atoms with Gasteiger partial charge in [-0.1, -0.05) is 45.9 Å². The lowest BCUT2D eigenvalue weighted by atomic mass is 9.84. The number of nitrogens with zero attached hydrogens (tertiary/aromatic N) is 1. The molecule has 1 N–H and O–H groups in total. The van der Waals surface area contributed by atoms with E-state index in [1.54, 1.807) is 17.0 Å². The highest BCUT2D eigenvalue weighted by molar-refractivity contribution is 5.76. The molecule has 2 atom stereocenters. The number of phenols is 1. The third-order valence-corrected chi connectivity index (χ3v) is 3.85. The zero-order valence-corrected chi connectivity index (χ0v) is 14.2. The quantitative estimate of drug-likeness (QED) is 0.875. The number of hydrogen-bond donors (Lipinski definition) is 1. The van der Waals surface area contributed by atoms with Crippen molar-refractivity contribution in [3.05, 3.63) is 29.8 Å². The van der Waals surface area contributed by atoms with Gasteiger partial charge in [-0.25, -0.2) is 0 Å². The second kappa shape index (κ2) is 6.97. The summed E-state index contributed by atoms with van der Waals surface area (Å²) in [5.41, 5.74) is 1.03. The van der Waals surface area contributed by atoms with Crippen LogP contribution in [-0.4, -0.2) is 23.0 Å². The van der Waals surface area contributed by atoms with Crippen LogP contribution in [0.25, 0.3) is 0 Å². The number of carbonyl (C=O) groups is 1. The molecule has 0 aliphatic heterocycles. The fraction of sp³-hybridized carbons (Fsp3) is 0.611. The van der Waals surface area contributed by atoms with Crippen LogP contribution in [0.15, 0.2) is 24.3 Å². The van der Waals surface area contributed by atoms with Gasteiger partial charge in [0.25, 0.3) is 0 Å². The number of amides is 1. The van der Waals surface area contributed by atoms with E-state index in [1.807, 2.05) is 26.1 Å². The van der Waals surface area contributed by atoms with Crippen molar-refractivity contribution in [2.45, 2.75) is 53.5 Å². The van der Waals surface area contributed by atoms with Gasteiger partial charge in [-0.3, -0.25) is 4.79 Å². The summed E-state index contributed by atoms with van der Waals surface area (Å²) in [5.74, 6) is 0.728. The van der Waals surface area contributed by atoms with Gasteiger partial charge < -0.3 is 10.0 Å². The number of phenolic OH excluding ortho intramolecular Hbond substituents is 1. The Kier molecular flexibility index (Phi) is 5.82. The lowest BCUT2D eigenvalue weighted by Gasteiger charge is -2.28. The summed E-state index contributed by atoms with van der Waals surface area (Å²) < 4.78 is 0. The number of carbonyl (C=O) groups excluding carboxylic acids is 1. The highest BCUT2D eigenvalue weighted by atomic mass is 16.3. The van der Waals surface area contributed by atoms with Gasteiger partial charge in [0.2, 0.25) is 5.91 Å². The van der Waals surface area contributed by atoms with Gasteiger partial charge in [0.1, 0.15) is 5.75 Å². The third kappa shape index (κ3) is 5.41. The van der Waals surface area contributed by atoms with E-state index in [-0.39, 0.29) is 23.1 Å². The topological polar surface area (TPSA) is 40.5 Å². The van der Waals surface area contributed by atoms with Crippen molar-refractivity contribution in [2.24, 2.45) is 11.3 Å². The smallest absolute Gasteiger partial charge is 0.223 e. The van der Waals surface area contributed by atoms with Gasteiger partial charge in [0.05, 0.1) is 6.04 Å². The number of para-hydroxylation sites is 1. The number of rotatable bonds is 5. The minimum atomic E-state index is -0.125. The molecule has 21 heavy (non-hydrogen) atoms. The predicted octanol–water partition coefficient (Wildman–Crippen LogP) is 4.37. The molecule has 1 rings (SSSR count). The fourth-order valence-corrected chi connectivity index (χ4v) is 2.83. The van der Waals surface area contributed by atoms with Crippen LogP contribution in [0.4, 0.5) is 0 Å². The Morgan fingerprint density at radius 1 is 1.24 bits per heavy atom. The minimum absolute atomic E-state index is 0.125. The molecule has 0 saturated carbocycles. The monoisotopic (exact) mass is 291 g/mol. The third-order valence-electron chi connectivity index (χ3n) is 3.85. The van der Waals surface area contributed by atoms with Gasteiger partial charge in [0.15, 0.2) is 0 Å². The second-order valence-corrected chi connectivity index (χ2v) is 7.31. The summed E-state index contributed by atoms with van der Waals surface area (Å²) >= 11 is 0. The molecule has 1 amide bonds. The van der Waals surface area contributed by atoms with Crippen LogP contribution >= 0.6 is 0 Å². The molecule has 1 aromatic carbocycles. The zero-order valence-electron chi connectivity index (χ0n) is 14.2. The molecular formula is C18H29NO2. The first-order valence-electron chi connectivity index (χ1n) is 7.65. The Morgan fingerprint density at radius 2 is 1.81 bits per heavy atom. The van der Waals surface area contributed by atoms with Crippen LogP contribution in [0, 0.1) is 11.3 Å². The Morgan fingerprint density at radius 3 is 2.33 bits per heavy atom. The van der Waals surface area contributed by atoms with E-state index < -0.39 is 0 Å². The maximum absolute atomic E-state index is 12.4. The van der Waals surface area contributed by atoms with Crippen molar-refractivity contribution in [2.75, 3.05) is 7.05 Å². The van der Waals surface area contributed by atoms with Crippen LogP contribution in [-0.2, 0) is 4.79 Å². The van der Waals surface area contributed by atoms with E-state index in [2.05, 4.69) is 27.7 Å². The van der Waals surface area contributed by atoms with Crippen molar-refractivity contribution in [3.63, 3.8) is 0 Å². The van der Waals surface area contributed by atoms with E-state index >= 15 is 0 Å². The molecule has 0 radical (unpaired) electrons. The fourth-order valence-electron chi connectivity index (χ4n) is 2.83. The Balaban J connectivity index is 2.68. The molecule has 118 valence electrons. The first-order chi connectivity index (χ1) is 9.61. The highest BCUT2D eigenvalue weighted by Crippen LogP contribution is 2.30. The van der Waals surface area contributed by atoms with Crippen molar-refractivity contribution in [1.82, 2.24) is 4.90 Å². The van der Waals surface area contributed by atoms with Crippen molar-refractivity contribution in [3.8, 4) is 5.75 Å². The van der Waals surface area contributed by atoms with Crippen molar-refractivity contribution < 1.29 is 9.90 Å². The van der Waals surface area contributed by atoms with Crippen LogP contribution in [0.2, 0.25) is 0 Å². The molecule has 3 nitrogen and oxygen atoms in total. The molecule has 0 aliphatic rings. The van der Waals surface area contributed by atoms with Gasteiger partial charge in [-0.2, -0.15) is 0 Å². The molecular weight excluding hydrogens is 262 g/mol. The molecule has 0 fully saturated rings. The SMILES string of the molecule is CC(CC(=O)N(C)C(C)c1ccccc1O)CC(C)(C)C. The standard InChI is InChI=1S/C18H29NO2/c1-13(12-18(3,4)5)11-17(21)19(6)14(2)15-9-7-8-10-16(15)20/h7-10,13-14,20H,11-12H2,1-6H3. The lowest BCUT2D eigenvalue weighted by Crippen LogP contribution is -2.31. The molecule has 0 aliphatic carbocycles. The molecule has 1 aromatic rings. The second-order valence-electron chi connectivity index (χ2n) is 7.31. The molecule has 2 unspecified atom stereocenters. The summed E-state index contributed by atoms with van der Waals surface area (Å²) in [4.78, 5) is 14.1. The maximum atomic E-state index is 12.4. The van der Waals surface area contributed by atoms with Crippen LogP contribution < -0.4 is 0 Å². The molecule has 0 aromatic heterocycles. The average molecular weight is 291 g/mol. The molecule has 0 bridgehead atoms. The first kappa shape index (κ1) is 17.5.